The third kappa shape index (κ3) is 5.81. The van der Waals surface area contributed by atoms with E-state index < -0.39 is 7.14 Å². The molecule has 1 aromatic heterocycles. The van der Waals surface area contributed by atoms with Crippen molar-refractivity contribution < 1.29 is 4.57 Å². The monoisotopic (exact) mass is 722 g/mol. The molecule has 0 saturated carbocycles. The zero-order valence-corrected chi connectivity index (χ0v) is 31.1. The van der Waals surface area contributed by atoms with Gasteiger partial charge < -0.3 is 4.57 Å². The minimum absolute atomic E-state index is 0.687. The normalized spacial score (nSPS) is 14.4. The van der Waals surface area contributed by atoms with E-state index in [9.17, 15) is 4.57 Å². The van der Waals surface area contributed by atoms with Crippen LogP contribution >= 0.6 is 7.14 Å². The van der Waals surface area contributed by atoms with E-state index >= 15 is 0 Å². The fraction of sp³-hybridized carbons (Fsp3) is 0.0196. The molecule has 1 aliphatic rings. The van der Waals surface area contributed by atoms with Crippen molar-refractivity contribution >= 4 is 28.5 Å². The highest BCUT2D eigenvalue weighted by Crippen LogP contribution is 2.52. The summed E-state index contributed by atoms with van der Waals surface area (Å²) in [5.41, 5.74) is 13.5. The van der Waals surface area contributed by atoms with E-state index in [1.165, 1.54) is 10.9 Å². The standard InChI is InChI=1S/C51H35N2OP/c1-55(54)49-25-11-10-22-44(49)45-24-13-23-43(50(45)55)41-31-39-18-8-9-21-42(39)46(32-41)35-26-28-36(29-27-35)47-33-48(53-51(52-47)37-16-6-3-7-17-37)40-20-12-19-38(30-40)34-14-4-2-5-15-34/h2-33H,1H3. The summed E-state index contributed by atoms with van der Waals surface area (Å²) in [7, 11) is -2.80. The maximum Gasteiger partial charge on any atom is 0.160 e. The molecule has 1 unspecified atom stereocenters. The van der Waals surface area contributed by atoms with E-state index in [1.54, 1.807) is 0 Å². The maximum atomic E-state index is 14.5. The van der Waals surface area contributed by atoms with Crippen molar-refractivity contribution in [3.63, 3.8) is 0 Å². The van der Waals surface area contributed by atoms with Gasteiger partial charge in [-0.1, -0.05) is 170 Å². The van der Waals surface area contributed by atoms with Crippen LogP contribution in [0.4, 0.5) is 0 Å². The van der Waals surface area contributed by atoms with E-state index in [-0.39, 0.29) is 0 Å². The van der Waals surface area contributed by atoms with Gasteiger partial charge in [-0.05, 0) is 86.2 Å². The summed E-state index contributed by atoms with van der Waals surface area (Å²) in [5.74, 6) is 0.687. The summed E-state index contributed by atoms with van der Waals surface area (Å²) in [6, 6.07) is 67.5. The lowest BCUT2D eigenvalue weighted by Gasteiger charge is -2.17. The largest absolute Gasteiger partial charge is 0.314 e. The van der Waals surface area contributed by atoms with E-state index in [1.807, 2.05) is 49.1 Å². The van der Waals surface area contributed by atoms with Gasteiger partial charge in [0.15, 0.2) is 5.82 Å². The predicted molar refractivity (Wildman–Crippen MR) is 230 cm³/mol. The second-order valence-corrected chi connectivity index (χ2v) is 17.0. The average molecular weight is 723 g/mol. The number of rotatable bonds is 6. The summed E-state index contributed by atoms with van der Waals surface area (Å²) in [6.07, 6.45) is 0. The molecule has 260 valence electrons. The predicted octanol–water partition coefficient (Wildman–Crippen LogP) is 12.6. The minimum Gasteiger partial charge on any atom is -0.314 e. The Hall–Kier alpha value is -6.67. The van der Waals surface area contributed by atoms with E-state index in [0.29, 0.717) is 5.82 Å². The fourth-order valence-electron chi connectivity index (χ4n) is 8.12. The molecule has 10 rings (SSSR count). The molecule has 0 fully saturated rings. The first-order chi connectivity index (χ1) is 27.0. The molecule has 0 amide bonds. The average Bonchev–Trinajstić information content (AvgIpc) is 3.50. The number of hydrogen-bond donors (Lipinski definition) is 0. The first-order valence-electron chi connectivity index (χ1n) is 18.6. The first kappa shape index (κ1) is 32.9. The summed E-state index contributed by atoms with van der Waals surface area (Å²) in [4.78, 5) is 10.2. The van der Waals surface area contributed by atoms with Crippen LogP contribution in [0.3, 0.4) is 0 Å². The summed E-state index contributed by atoms with van der Waals surface area (Å²) in [6.45, 7) is 1.92. The van der Waals surface area contributed by atoms with E-state index in [4.69, 9.17) is 9.97 Å². The molecule has 55 heavy (non-hydrogen) atoms. The third-order valence-corrected chi connectivity index (χ3v) is 13.4. The van der Waals surface area contributed by atoms with Gasteiger partial charge in [-0.15, -0.1) is 0 Å². The smallest absolute Gasteiger partial charge is 0.160 e. The second kappa shape index (κ2) is 13.3. The molecule has 8 aromatic carbocycles. The second-order valence-electron chi connectivity index (χ2n) is 14.2. The van der Waals surface area contributed by atoms with Crippen molar-refractivity contribution in [2.24, 2.45) is 0 Å². The molecule has 4 heteroatoms. The first-order valence-corrected chi connectivity index (χ1v) is 20.7. The zero-order valence-electron chi connectivity index (χ0n) is 30.2. The van der Waals surface area contributed by atoms with Crippen molar-refractivity contribution in [3.8, 4) is 78.4 Å². The molecule has 0 saturated heterocycles. The van der Waals surface area contributed by atoms with Crippen LogP contribution in [0.1, 0.15) is 0 Å². The Morgan fingerprint density at radius 3 is 1.76 bits per heavy atom. The van der Waals surface area contributed by atoms with Crippen molar-refractivity contribution in [2.45, 2.75) is 0 Å². The lowest BCUT2D eigenvalue weighted by atomic mass is 9.91. The Morgan fingerprint density at radius 2 is 0.964 bits per heavy atom. The van der Waals surface area contributed by atoms with Crippen LogP contribution in [0.2, 0.25) is 0 Å². The topological polar surface area (TPSA) is 42.9 Å². The van der Waals surface area contributed by atoms with Crippen LogP contribution in [0, 0.1) is 0 Å². The Bertz CT molecular complexity index is 2960. The molecule has 0 aliphatic carbocycles. The molecule has 0 bridgehead atoms. The summed E-state index contributed by atoms with van der Waals surface area (Å²) in [5, 5.41) is 4.21. The van der Waals surface area contributed by atoms with Crippen LogP contribution in [0.15, 0.2) is 194 Å². The molecule has 3 nitrogen and oxygen atoms in total. The van der Waals surface area contributed by atoms with Gasteiger partial charge in [-0.2, -0.15) is 0 Å². The highest BCUT2D eigenvalue weighted by molar-refractivity contribution is 7.79. The number of hydrogen-bond acceptors (Lipinski definition) is 3. The highest BCUT2D eigenvalue weighted by atomic mass is 31.2. The maximum absolute atomic E-state index is 14.5. The number of benzene rings is 8. The SMILES string of the molecule is CP1(=O)c2ccccc2-c2cccc(-c3cc(-c4ccc(-c5cc(-c6cccc(-c7ccccc7)c6)nc(-c6ccccc6)n5)cc4)c4ccccc4c3)c21. The van der Waals surface area contributed by atoms with Gasteiger partial charge in [0.05, 0.1) is 11.4 Å². The molecule has 1 aliphatic heterocycles. The number of aromatic nitrogens is 2. The van der Waals surface area contributed by atoms with Gasteiger partial charge in [-0.25, -0.2) is 9.97 Å². The molecule has 1 atom stereocenters. The zero-order chi connectivity index (χ0) is 36.9. The van der Waals surface area contributed by atoms with Crippen molar-refractivity contribution in [2.75, 3.05) is 6.66 Å². The molecular weight excluding hydrogens is 688 g/mol. The highest BCUT2D eigenvalue weighted by Gasteiger charge is 2.36. The molecular formula is C51H35N2OP. The fourth-order valence-corrected chi connectivity index (χ4v) is 10.7. The van der Waals surface area contributed by atoms with E-state index in [0.717, 1.165) is 83.0 Å². The quantitative estimate of drug-likeness (QED) is 0.161. The summed E-state index contributed by atoms with van der Waals surface area (Å²) < 4.78 is 14.5. The van der Waals surface area contributed by atoms with Crippen LogP contribution < -0.4 is 10.6 Å². The third-order valence-electron chi connectivity index (χ3n) is 10.8. The number of nitrogens with zero attached hydrogens (tertiary/aromatic N) is 2. The molecule has 9 aromatic rings. The lowest BCUT2D eigenvalue weighted by molar-refractivity contribution is 0.591. The Kier molecular flexibility index (Phi) is 7.98. The number of fused-ring (bicyclic) bond motifs is 4. The molecule has 0 N–H and O–H groups in total. The van der Waals surface area contributed by atoms with Crippen molar-refractivity contribution in [1.82, 2.24) is 9.97 Å². The Labute approximate surface area is 321 Å². The Morgan fingerprint density at radius 1 is 0.382 bits per heavy atom. The molecule has 0 radical (unpaired) electrons. The van der Waals surface area contributed by atoms with E-state index in [2.05, 4.69) is 152 Å². The Balaban J connectivity index is 1.08. The van der Waals surface area contributed by atoms with Crippen molar-refractivity contribution in [1.29, 1.82) is 0 Å². The van der Waals surface area contributed by atoms with Crippen LogP contribution in [0.25, 0.3) is 89.2 Å². The minimum atomic E-state index is -2.80. The van der Waals surface area contributed by atoms with Gasteiger partial charge in [-0.3, -0.25) is 0 Å². The van der Waals surface area contributed by atoms with Gasteiger partial charge >= 0.3 is 0 Å². The van der Waals surface area contributed by atoms with Crippen LogP contribution in [-0.2, 0) is 4.57 Å². The van der Waals surface area contributed by atoms with Gasteiger partial charge in [0.25, 0.3) is 0 Å². The van der Waals surface area contributed by atoms with Crippen LogP contribution in [0.5, 0.6) is 0 Å². The summed E-state index contributed by atoms with van der Waals surface area (Å²) >= 11 is 0. The molecule has 2 heterocycles. The van der Waals surface area contributed by atoms with Crippen LogP contribution in [-0.4, -0.2) is 16.6 Å². The molecule has 0 spiro atoms. The van der Waals surface area contributed by atoms with Gasteiger partial charge in [0.1, 0.15) is 7.14 Å². The van der Waals surface area contributed by atoms with Gasteiger partial charge in [0.2, 0.25) is 0 Å². The van der Waals surface area contributed by atoms with Gasteiger partial charge in [0, 0.05) is 27.3 Å². The lowest BCUT2D eigenvalue weighted by Crippen LogP contribution is -2.11. The van der Waals surface area contributed by atoms with Crippen molar-refractivity contribution in [3.05, 3.63) is 194 Å².